The van der Waals surface area contributed by atoms with E-state index in [0.717, 1.165) is 22.4 Å². The monoisotopic (exact) mass is 355 g/mol. The zero-order valence-corrected chi connectivity index (χ0v) is 15.8. The molecule has 0 heterocycles. The van der Waals surface area contributed by atoms with Crippen LogP contribution < -0.4 is 19.5 Å². The van der Waals surface area contributed by atoms with Gasteiger partial charge in [0.2, 0.25) is 5.91 Å². The first-order valence-corrected chi connectivity index (χ1v) is 8.33. The lowest BCUT2D eigenvalue weighted by Gasteiger charge is -2.17. The molecule has 0 radical (unpaired) electrons. The molecule has 0 unspecified atom stereocenters. The molecule has 0 bridgehead atoms. The van der Waals surface area contributed by atoms with Gasteiger partial charge in [0, 0.05) is 23.3 Å². The van der Waals surface area contributed by atoms with Crippen LogP contribution in [0.3, 0.4) is 0 Å². The molecule has 138 valence electrons. The van der Waals surface area contributed by atoms with Crippen molar-refractivity contribution < 1.29 is 19.0 Å². The Morgan fingerprint density at radius 2 is 1.73 bits per heavy atom. The Balaban J connectivity index is 2.11. The minimum atomic E-state index is -0.195. The Kier molecular flexibility index (Phi) is 6.67. The number of hydrogen-bond acceptors (Lipinski definition) is 4. The van der Waals surface area contributed by atoms with Gasteiger partial charge >= 0.3 is 0 Å². The number of nitrogens with one attached hydrogen (secondary N) is 1. The van der Waals surface area contributed by atoms with Crippen LogP contribution in [0, 0.1) is 6.92 Å². The lowest BCUT2D eigenvalue weighted by molar-refractivity contribution is -0.117. The summed E-state index contributed by atoms with van der Waals surface area (Å²) in [5, 5.41) is 2.96. The highest BCUT2D eigenvalue weighted by molar-refractivity contribution is 5.92. The van der Waals surface area contributed by atoms with E-state index in [2.05, 4.69) is 5.32 Å². The number of carbonyl (C=O) groups excluding carboxylic acids is 1. The van der Waals surface area contributed by atoms with E-state index in [1.807, 2.05) is 44.2 Å². The van der Waals surface area contributed by atoms with Gasteiger partial charge in [0.05, 0.1) is 27.4 Å². The molecule has 0 aromatic heterocycles. The van der Waals surface area contributed by atoms with Crippen molar-refractivity contribution in [1.82, 2.24) is 5.32 Å². The molecule has 2 aromatic rings. The maximum absolute atomic E-state index is 12.3. The van der Waals surface area contributed by atoms with Gasteiger partial charge in [0.15, 0.2) is 0 Å². The normalized spacial score (nSPS) is 11.9. The van der Waals surface area contributed by atoms with Gasteiger partial charge in [0.25, 0.3) is 0 Å². The largest absolute Gasteiger partial charge is 0.497 e. The topological polar surface area (TPSA) is 56.8 Å². The third kappa shape index (κ3) is 4.79. The second-order valence-corrected chi connectivity index (χ2v) is 5.92. The van der Waals surface area contributed by atoms with Crippen LogP contribution in [0.5, 0.6) is 17.2 Å². The van der Waals surface area contributed by atoms with Crippen molar-refractivity contribution in [2.75, 3.05) is 21.3 Å². The minimum absolute atomic E-state index is 0.181. The van der Waals surface area contributed by atoms with Gasteiger partial charge in [-0.2, -0.15) is 0 Å². The van der Waals surface area contributed by atoms with Crippen molar-refractivity contribution in [2.24, 2.45) is 0 Å². The summed E-state index contributed by atoms with van der Waals surface area (Å²) >= 11 is 0. The van der Waals surface area contributed by atoms with Gasteiger partial charge in [-0.3, -0.25) is 4.79 Å². The van der Waals surface area contributed by atoms with Gasteiger partial charge < -0.3 is 19.5 Å². The molecule has 1 N–H and O–H groups in total. The molecule has 2 aromatic carbocycles. The molecule has 5 heteroatoms. The zero-order valence-electron chi connectivity index (χ0n) is 15.8. The summed E-state index contributed by atoms with van der Waals surface area (Å²) in [6.45, 7) is 3.93. The smallest absolute Gasteiger partial charge is 0.244 e. The van der Waals surface area contributed by atoms with Crippen molar-refractivity contribution in [3.05, 3.63) is 59.2 Å². The van der Waals surface area contributed by atoms with Crippen molar-refractivity contribution in [1.29, 1.82) is 0 Å². The van der Waals surface area contributed by atoms with Gasteiger partial charge in [-0.05, 0) is 38.1 Å². The molecule has 0 saturated carbocycles. The lowest BCUT2D eigenvalue weighted by Crippen LogP contribution is -2.25. The predicted molar refractivity (Wildman–Crippen MR) is 103 cm³/mol. The molecular formula is C21H25NO4. The van der Waals surface area contributed by atoms with E-state index in [0.29, 0.717) is 11.5 Å². The molecule has 5 nitrogen and oxygen atoms in total. The average Bonchev–Trinajstić information content (AvgIpc) is 2.66. The number of methoxy groups -OCH3 is 3. The molecule has 0 aliphatic heterocycles. The number of hydrogen-bond donors (Lipinski definition) is 1. The van der Waals surface area contributed by atoms with Gasteiger partial charge in [-0.15, -0.1) is 0 Å². The van der Waals surface area contributed by atoms with E-state index in [-0.39, 0.29) is 11.9 Å². The van der Waals surface area contributed by atoms with E-state index < -0.39 is 0 Å². The van der Waals surface area contributed by atoms with E-state index >= 15 is 0 Å². The van der Waals surface area contributed by atoms with E-state index in [9.17, 15) is 4.79 Å². The zero-order chi connectivity index (χ0) is 19.1. The highest BCUT2D eigenvalue weighted by Crippen LogP contribution is 2.27. The van der Waals surface area contributed by atoms with Crippen LogP contribution in [0.4, 0.5) is 0 Å². The number of amides is 1. The number of benzene rings is 2. The summed E-state index contributed by atoms with van der Waals surface area (Å²) in [5.41, 5.74) is 2.85. The molecule has 0 aliphatic carbocycles. The summed E-state index contributed by atoms with van der Waals surface area (Å²) in [6, 6.07) is 11.2. The minimum Gasteiger partial charge on any atom is -0.497 e. The first kappa shape index (κ1) is 19.4. The summed E-state index contributed by atoms with van der Waals surface area (Å²) in [6.07, 6.45) is 3.21. The number of carbonyl (C=O) groups is 1. The fourth-order valence-electron chi connectivity index (χ4n) is 2.65. The van der Waals surface area contributed by atoms with Crippen LogP contribution in [0.1, 0.15) is 29.7 Å². The molecule has 26 heavy (non-hydrogen) atoms. The molecular weight excluding hydrogens is 330 g/mol. The van der Waals surface area contributed by atoms with Crippen LogP contribution >= 0.6 is 0 Å². The number of rotatable bonds is 7. The van der Waals surface area contributed by atoms with Crippen molar-refractivity contribution in [3.63, 3.8) is 0 Å². The third-order valence-corrected chi connectivity index (χ3v) is 4.07. The summed E-state index contributed by atoms with van der Waals surface area (Å²) in [7, 11) is 4.80. The van der Waals surface area contributed by atoms with Gasteiger partial charge in [-0.25, -0.2) is 0 Å². The molecule has 1 atom stereocenters. The molecule has 1 amide bonds. The first-order chi connectivity index (χ1) is 12.5. The summed E-state index contributed by atoms with van der Waals surface area (Å²) in [5.74, 6) is 1.90. The first-order valence-electron chi connectivity index (χ1n) is 8.33. The van der Waals surface area contributed by atoms with Crippen LogP contribution in [0.25, 0.3) is 6.08 Å². The molecule has 0 spiro atoms. The predicted octanol–water partition coefficient (Wildman–Crippen LogP) is 3.91. The van der Waals surface area contributed by atoms with E-state index in [4.69, 9.17) is 14.2 Å². The maximum atomic E-state index is 12.3. The third-order valence-electron chi connectivity index (χ3n) is 4.07. The van der Waals surface area contributed by atoms with E-state index in [1.165, 1.54) is 6.08 Å². The van der Waals surface area contributed by atoms with Crippen LogP contribution in [0.15, 0.2) is 42.5 Å². The average molecular weight is 355 g/mol. The SMILES string of the molecule is COc1ccc(/C=C/C(=O)N[C@H](C)c2cc(C)ccc2OC)c(OC)c1. The number of ether oxygens (including phenoxy) is 3. The van der Waals surface area contributed by atoms with Crippen molar-refractivity contribution in [3.8, 4) is 17.2 Å². The molecule has 0 fully saturated rings. The second-order valence-electron chi connectivity index (χ2n) is 5.92. The summed E-state index contributed by atoms with van der Waals surface area (Å²) < 4.78 is 15.9. The Morgan fingerprint density at radius 1 is 1.00 bits per heavy atom. The van der Waals surface area contributed by atoms with Crippen molar-refractivity contribution in [2.45, 2.75) is 19.9 Å². The molecule has 2 rings (SSSR count). The van der Waals surface area contributed by atoms with Crippen LogP contribution in [0.2, 0.25) is 0 Å². The Hall–Kier alpha value is -2.95. The molecule has 0 saturated heterocycles. The molecule has 0 aliphatic rings. The Labute approximate surface area is 154 Å². The fraction of sp³-hybridized carbons (Fsp3) is 0.286. The Morgan fingerprint density at radius 3 is 2.38 bits per heavy atom. The lowest BCUT2D eigenvalue weighted by atomic mass is 10.0. The standard InChI is InChI=1S/C21H25NO4/c1-14-6-10-19(25-4)18(12-14)15(2)22-21(23)11-8-16-7-9-17(24-3)13-20(16)26-5/h6-13,15H,1-5H3,(H,22,23)/b11-8+/t15-/m1/s1. The van der Waals surface area contributed by atoms with E-state index in [1.54, 1.807) is 33.5 Å². The maximum Gasteiger partial charge on any atom is 0.244 e. The van der Waals surface area contributed by atoms with Crippen molar-refractivity contribution >= 4 is 12.0 Å². The number of aryl methyl sites for hydroxylation is 1. The highest BCUT2D eigenvalue weighted by Gasteiger charge is 2.13. The van der Waals surface area contributed by atoms with Crippen LogP contribution in [-0.4, -0.2) is 27.2 Å². The van der Waals surface area contributed by atoms with Crippen LogP contribution in [-0.2, 0) is 4.79 Å². The quantitative estimate of drug-likeness (QED) is 0.765. The fourth-order valence-corrected chi connectivity index (χ4v) is 2.65. The summed E-state index contributed by atoms with van der Waals surface area (Å²) in [4.78, 5) is 12.3. The Bertz CT molecular complexity index is 799. The highest BCUT2D eigenvalue weighted by atomic mass is 16.5. The second kappa shape index (κ2) is 8.94. The van der Waals surface area contributed by atoms with Gasteiger partial charge in [-0.1, -0.05) is 17.7 Å². The van der Waals surface area contributed by atoms with Gasteiger partial charge in [0.1, 0.15) is 17.2 Å².